The predicted octanol–water partition coefficient (Wildman–Crippen LogP) is 2.98. The highest BCUT2D eigenvalue weighted by Gasteiger charge is 2.30. The highest BCUT2D eigenvalue weighted by molar-refractivity contribution is 7.90. The van der Waals surface area contributed by atoms with E-state index in [1.165, 1.54) is 18.6 Å². The van der Waals surface area contributed by atoms with Crippen molar-refractivity contribution in [2.45, 2.75) is 44.7 Å². The molecule has 0 saturated heterocycles. The molecule has 1 fully saturated rings. The van der Waals surface area contributed by atoms with Crippen molar-refractivity contribution in [1.82, 2.24) is 9.80 Å². The first-order chi connectivity index (χ1) is 13.9. The Morgan fingerprint density at radius 1 is 1.14 bits per heavy atom. The third kappa shape index (κ3) is 4.58. The molecule has 0 spiro atoms. The minimum atomic E-state index is -3.43. The molecule has 0 atom stereocenters. The van der Waals surface area contributed by atoms with Crippen LogP contribution in [0.15, 0.2) is 52.6 Å². The largest absolute Gasteiger partial charge is 0.331 e. The van der Waals surface area contributed by atoms with Crippen LogP contribution in [-0.4, -0.2) is 48.3 Å². The minimum absolute atomic E-state index is 0.0652. The maximum absolute atomic E-state index is 13.4. The lowest BCUT2D eigenvalue weighted by Crippen LogP contribution is -2.43. The van der Waals surface area contributed by atoms with Gasteiger partial charge in [0.05, 0.1) is 11.3 Å². The molecule has 1 saturated carbocycles. The molecular weight excluding hydrogens is 393 g/mol. The second-order valence-corrected chi connectivity index (χ2v) is 9.45. The monoisotopic (exact) mass is 417 g/mol. The highest BCUT2D eigenvalue weighted by atomic mass is 32.2. The first-order valence-corrected chi connectivity index (χ1v) is 11.6. The van der Waals surface area contributed by atoms with Crippen molar-refractivity contribution in [3.8, 4) is 0 Å². The number of benzene rings is 1. The molecular formula is C21H24FN3O3S. The number of carbonyl (C=O) groups excluding carboxylic acids is 1. The van der Waals surface area contributed by atoms with Crippen molar-refractivity contribution in [3.63, 3.8) is 0 Å². The Kier molecular flexibility index (Phi) is 5.54. The van der Waals surface area contributed by atoms with Gasteiger partial charge < -0.3 is 9.80 Å². The van der Waals surface area contributed by atoms with E-state index in [1.807, 2.05) is 4.90 Å². The van der Waals surface area contributed by atoms with E-state index >= 15 is 0 Å². The molecule has 1 aromatic rings. The lowest BCUT2D eigenvalue weighted by molar-refractivity contribution is -0.130. The standard InChI is InChI=1S/C21H24FN3O3S/c22-18-9-6-16(7-10-18)14-25(19-4-2-1-3-5-19)21(26)17-8-11-20-23-29(27,28)13-12-24(20)15-17/h6-11,15,19H,1-5,12-14H2. The molecule has 4 rings (SSSR count). The van der Waals surface area contributed by atoms with Crippen molar-refractivity contribution in [1.29, 1.82) is 0 Å². The Labute approximate surface area is 170 Å². The summed E-state index contributed by atoms with van der Waals surface area (Å²) < 4.78 is 40.4. The Hall–Kier alpha value is -2.48. The number of rotatable bonds is 4. The first-order valence-electron chi connectivity index (χ1n) is 9.96. The molecule has 1 amide bonds. The number of amides is 1. The topological polar surface area (TPSA) is 70.0 Å². The normalized spacial score (nSPS) is 21.2. The first kappa shape index (κ1) is 19.8. The van der Waals surface area contributed by atoms with E-state index in [0.717, 1.165) is 31.2 Å². The molecule has 8 heteroatoms. The molecule has 1 aliphatic carbocycles. The molecule has 1 aromatic carbocycles. The zero-order valence-electron chi connectivity index (χ0n) is 16.1. The zero-order valence-corrected chi connectivity index (χ0v) is 16.9. The number of carbonyl (C=O) groups is 1. The van der Waals surface area contributed by atoms with E-state index in [2.05, 4.69) is 4.40 Å². The summed E-state index contributed by atoms with van der Waals surface area (Å²) in [5.74, 6) is -0.112. The van der Waals surface area contributed by atoms with Crippen LogP contribution in [0.25, 0.3) is 0 Å². The molecule has 154 valence electrons. The summed E-state index contributed by atoms with van der Waals surface area (Å²) in [5.41, 5.74) is 1.40. The number of hydrogen-bond acceptors (Lipinski definition) is 4. The van der Waals surface area contributed by atoms with Crippen molar-refractivity contribution >= 4 is 21.8 Å². The van der Waals surface area contributed by atoms with Gasteiger partial charge in [0.2, 0.25) is 0 Å². The van der Waals surface area contributed by atoms with Crippen LogP contribution >= 0.6 is 0 Å². The van der Waals surface area contributed by atoms with Crippen LogP contribution in [0.1, 0.15) is 37.7 Å². The van der Waals surface area contributed by atoms with Gasteiger partial charge in [0.1, 0.15) is 11.7 Å². The molecule has 29 heavy (non-hydrogen) atoms. The van der Waals surface area contributed by atoms with Gasteiger partial charge >= 0.3 is 0 Å². The van der Waals surface area contributed by atoms with E-state index in [0.29, 0.717) is 18.0 Å². The van der Waals surface area contributed by atoms with E-state index < -0.39 is 10.0 Å². The Morgan fingerprint density at radius 3 is 2.59 bits per heavy atom. The summed E-state index contributed by atoms with van der Waals surface area (Å²) in [6, 6.07) is 6.39. The number of fused-ring (bicyclic) bond motifs is 1. The summed E-state index contributed by atoms with van der Waals surface area (Å²) in [4.78, 5) is 17.0. The van der Waals surface area contributed by atoms with Crippen LogP contribution in [0.2, 0.25) is 0 Å². The van der Waals surface area contributed by atoms with Gasteiger partial charge in [0.15, 0.2) is 0 Å². The summed E-state index contributed by atoms with van der Waals surface area (Å²) in [7, 11) is -3.43. The predicted molar refractivity (Wildman–Crippen MR) is 109 cm³/mol. The molecule has 0 aromatic heterocycles. The van der Waals surface area contributed by atoms with Gasteiger partial charge in [-0.1, -0.05) is 31.4 Å². The van der Waals surface area contributed by atoms with E-state index in [1.54, 1.807) is 35.4 Å². The fourth-order valence-corrected chi connectivity index (χ4v) is 5.01. The van der Waals surface area contributed by atoms with Gasteiger partial charge in [-0.05, 0) is 42.7 Å². The van der Waals surface area contributed by atoms with Gasteiger partial charge in [0, 0.05) is 25.3 Å². The molecule has 3 aliphatic rings. The number of sulfonamides is 1. The quantitative estimate of drug-likeness (QED) is 0.755. The summed E-state index contributed by atoms with van der Waals surface area (Å²) in [6.45, 7) is 0.702. The molecule has 6 nitrogen and oxygen atoms in total. The molecule has 0 bridgehead atoms. The van der Waals surface area contributed by atoms with Crippen molar-refractivity contribution in [2.75, 3.05) is 12.3 Å². The number of hydrogen-bond donors (Lipinski definition) is 0. The van der Waals surface area contributed by atoms with Crippen LogP contribution in [-0.2, 0) is 21.4 Å². The number of nitrogens with zero attached hydrogens (tertiary/aromatic N) is 3. The van der Waals surface area contributed by atoms with Crippen molar-refractivity contribution < 1.29 is 17.6 Å². The maximum Gasteiger partial charge on any atom is 0.256 e. The van der Waals surface area contributed by atoms with Crippen LogP contribution in [0, 0.1) is 5.82 Å². The van der Waals surface area contributed by atoms with Crippen LogP contribution < -0.4 is 0 Å². The Balaban J connectivity index is 1.58. The lowest BCUT2D eigenvalue weighted by Gasteiger charge is -2.36. The van der Waals surface area contributed by atoms with Gasteiger partial charge in [-0.3, -0.25) is 4.79 Å². The smallest absolute Gasteiger partial charge is 0.256 e. The third-order valence-electron chi connectivity index (χ3n) is 5.61. The fraction of sp³-hybridized carbons (Fsp3) is 0.429. The van der Waals surface area contributed by atoms with Gasteiger partial charge in [-0.15, -0.1) is 4.40 Å². The molecule has 0 unspecified atom stereocenters. The summed E-state index contributed by atoms with van der Waals surface area (Å²) in [5, 5.41) is 0. The van der Waals surface area contributed by atoms with Crippen LogP contribution in [0.5, 0.6) is 0 Å². The van der Waals surface area contributed by atoms with Gasteiger partial charge in [-0.2, -0.15) is 0 Å². The zero-order chi connectivity index (χ0) is 20.4. The van der Waals surface area contributed by atoms with Crippen molar-refractivity contribution in [2.24, 2.45) is 4.40 Å². The SMILES string of the molecule is O=C(C1=CN2CCS(=O)(=O)N=C2C=C1)N(Cc1ccc(F)cc1)C1CCCCC1. The van der Waals surface area contributed by atoms with Gasteiger partial charge in [-0.25, -0.2) is 12.8 Å². The molecule has 0 N–H and O–H groups in total. The van der Waals surface area contributed by atoms with Gasteiger partial charge in [0.25, 0.3) is 15.9 Å². The summed E-state index contributed by atoms with van der Waals surface area (Å²) >= 11 is 0. The third-order valence-corrected chi connectivity index (χ3v) is 6.78. The van der Waals surface area contributed by atoms with E-state index in [-0.39, 0.29) is 30.1 Å². The average molecular weight is 418 g/mol. The second-order valence-electron chi connectivity index (χ2n) is 7.70. The molecule has 2 aliphatic heterocycles. The average Bonchev–Trinajstić information content (AvgIpc) is 2.72. The van der Waals surface area contributed by atoms with Crippen LogP contribution in [0.3, 0.4) is 0 Å². The highest BCUT2D eigenvalue weighted by Crippen LogP contribution is 2.27. The van der Waals surface area contributed by atoms with Crippen molar-refractivity contribution in [3.05, 3.63) is 59.6 Å². The second kappa shape index (κ2) is 8.10. The Morgan fingerprint density at radius 2 is 1.86 bits per heavy atom. The fourth-order valence-electron chi connectivity index (χ4n) is 4.04. The number of amidine groups is 1. The minimum Gasteiger partial charge on any atom is -0.331 e. The molecule has 2 heterocycles. The maximum atomic E-state index is 13.4. The lowest BCUT2D eigenvalue weighted by atomic mass is 9.93. The van der Waals surface area contributed by atoms with E-state index in [4.69, 9.17) is 0 Å². The van der Waals surface area contributed by atoms with Crippen LogP contribution in [0.4, 0.5) is 4.39 Å². The number of halogens is 1. The van der Waals surface area contributed by atoms with E-state index in [9.17, 15) is 17.6 Å². The summed E-state index contributed by atoms with van der Waals surface area (Å²) in [6.07, 6.45) is 10.2. The molecule has 0 radical (unpaired) electrons. The Bertz CT molecular complexity index is 977.